The normalized spacial score (nSPS) is 19.6. The Hall–Kier alpha value is -2.52. The van der Waals surface area contributed by atoms with Crippen LogP contribution in [0.1, 0.15) is 23.8 Å². The molecule has 0 unspecified atom stereocenters. The van der Waals surface area contributed by atoms with Gasteiger partial charge in [-0.2, -0.15) is 0 Å². The van der Waals surface area contributed by atoms with Gasteiger partial charge in [-0.15, -0.1) is 21.5 Å². The molecule has 2 atom stereocenters. The smallest absolute Gasteiger partial charge is 0.277 e. The van der Waals surface area contributed by atoms with Gasteiger partial charge in [0.1, 0.15) is 12.7 Å². The van der Waals surface area contributed by atoms with Gasteiger partial charge in [-0.1, -0.05) is 30.8 Å². The summed E-state index contributed by atoms with van der Waals surface area (Å²) < 4.78 is 17.3. The van der Waals surface area contributed by atoms with Crippen LogP contribution in [-0.4, -0.2) is 41.1 Å². The molecular formula is C22H23N3O4S2. The highest BCUT2D eigenvalue weighted by atomic mass is 32.2. The van der Waals surface area contributed by atoms with E-state index in [4.69, 9.17) is 13.9 Å². The number of thioether (sulfide) groups is 1. The molecule has 0 saturated carbocycles. The third-order valence-electron chi connectivity index (χ3n) is 5.37. The van der Waals surface area contributed by atoms with Crippen molar-refractivity contribution in [1.29, 1.82) is 0 Å². The average molecular weight is 458 g/mol. The topological polar surface area (TPSA) is 86.5 Å². The lowest BCUT2D eigenvalue weighted by Crippen LogP contribution is -2.41. The van der Waals surface area contributed by atoms with Gasteiger partial charge < -0.3 is 19.2 Å². The van der Waals surface area contributed by atoms with Crippen LogP contribution in [0.2, 0.25) is 0 Å². The lowest BCUT2D eigenvalue weighted by atomic mass is 9.90. The van der Waals surface area contributed by atoms with Gasteiger partial charge in [0.25, 0.3) is 11.1 Å². The second kappa shape index (κ2) is 8.92. The molecule has 3 heterocycles. The number of nitrogens with zero attached hydrogens (tertiary/aromatic N) is 2. The number of para-hydroxylation sites is 2. The van der Waals surface area contributed by atoms with E-state index >= 15 is 0 Å². The van der Waals surface area contributed by atoms with Crippen LogP contribution in [0.4, 0.5) is 0 Å². The van der Waals surface area contributed by atoms with E-state index in [0.29, 0.717) is 30.0 Å². The largest absolute Gasteiger partial charge is 0.486 e. The molecule has 0 spiro atoms. The number of thiophene rings is 1. The van der Waals surface area contributed by atoms with Crippen molar-refractivity contribution >= 4 is 29.0 Å². The van der Waals surface area contributed by atoms with Crippen LogP contribution in [0.5, 0.6) is 11.5 Å². The van der Waals surface area contributed by atoms with Crippen molar-refractivity contribution in [2.24, 2.45) is 5.92 Å². The summed E-state index contributed by atoms with van der Waals surface area (Å²) in [6.07, 6.45) is 3.25. The highest BCUT2D eigenvalue weighted by molar-refractivity contribution is 7.99. The molecule has 0 saturated heterocycles. The summed E-state index contributed by atoms with van der Waals surface area (Å²) in [6, 6.07) is 9.69. The second-order valence-corrected chi connectivity index (χ2v) is 9.93. The molecule has 162 valence electrons. The van der Waals surface area contributed by atoms with Crippen LogP contribution in [-0.2, 0) is 17.6 Å². The van der Waals surface area contributed by atoms with Crippen LogP contribution in [0.15, 0.2) is 40.0 Å². The van der Waals surface area contributed by atoms with Gasteiger partial charge in [-0.3, -0.25) is 4.79 Å². The zero-order valence-electron chi connectivity index (χ0n) is 17.1. The van der Waals surface area contributed by atoms with Crippen LogP contribution in [0.3, 0.4) is 0 Å². The number of nitrogens with one attached hydrogen (secondary N) is 1. The number of aryl methyl sites for hydroxylation is 1. The van der Waals surface area contributed by atoms with Crippen molar-refractivity contribution in [3.05, 3.63) is 40.8 Å². The molecule has 7 nitrogen and oxygen atoms in total. The Balaban J connectivity index is 1.10. The fourth-order valence-electron chi connectivity index (χ4n) is 3.75. The van der Waals surface area contributed by atoms with Gasteiger partial charge in [0, 0.05) is 4.88 Å². The van der Waals surface area contributed by atoms with Gasteiger partial charge in [-0.25, -0.2) is 0 Å². The minimum atomic E-state index is -0.216. The minimum Gasteiger partial charge on any atom is -0.486 e. The Kier molecular flexibility index (Phi) is 5.87. The average Bonchev–Trinajstić information content (AvgIpc) is 3.42. The van der Waals surface area contributed by atoms with Gasteiger partial charge in [0.2, 0.25) is 5.91 Å². The molecule has 5 rings (SSSR count). The molecule has 2 aromatic heterocycles. The molecule has 1 aromatic carbocycles. The first-order chi connectivity index (χ1) is 15.1. The molecule has 1 aliphatic carbocycles. The number of hydrogen-bond donors (Lipinski definition) is 1. The monoisotopic (exact) mass is 457 g/mol. The summed E-state index contributed by atoms with van der Waals surface area (Å²) in [5, 5.41) is 11.5. The van der Waals surface area contributed by atoms with Crippen molar-refractivity contribution < 1.29 is 18.7 Å². The maximum atomic E-state index is 12.2. The molecule has 0 fully saturated rings. The molecule has 3 aromatic rings. The van der Waals surface area contributed by atoms with Crippen molar-refractivity contribution in [2.45, 2.75) is 37.5 Å². The summed E-state index contributed by atoms with van der Waals surface area (Å²) in [6.45, 7) is 3.07. The van der Waals surface area contributed by atoms with E-state index in [1.807, 2.05) is 24.3 Å². The van der Waals surface area contributed by atoms with E-state index in [1.54, 1.807) is 11.3 Å². The number of fused-ring (bicyclic) bond motifs is 2. The SMILES string of the molecule is C[C@@H]1CCc2sc(-c3nnc(SCC(=O)NC[C@H]4COc5ccccc5O4)o3)cc2C1. The Morgan fingerprint density at radius 3 is 3.06 bits per heavy atom. The third kappa shape index (κ3) is 4.72. The number of hydrogen-bond acceptors (Lipinski definition) is 8. The van der Waals surface area contributed by atoms with Crippen molar-refractivity contribution in [2.75, 3.05) is 18.9 Å². The molecule has 9 heteroatoms. The lowest BCUT2D eigenvalue weighted by molar-refractivity contribution is -0.119. The number of carbonyl (C=O) groups is 1. The maximum absolute atomic E-state index is 12.2. The fraction of sp³-hybridized carbons (Fsp3) is 0.409. The van der Waals surface area contributed by atoms with E-state index in [-0.39, 0.29) is 17.8 Å². The van der Waals surface area contributed by atoms with E-state index in [9.17, 15) is 4.79 Å². The quantitative estimate of drug-likeness (QED) is 0.561. The summed E-state index contributed by atoms with van der Waals surface area (Å²) >= 11 is 2.97. The molecule has 2 aliphatic rings. The van der Waals surface area contributed by atoms with Gasteiger partial charge in [-0.05, 0) is 48.9 Å². The molecule has 1 aliphatic heterocycles. The van der Waals surface area contributed by atoms with Crippen LogP contribution in [0, 0.1) is 5.92 Å². The summed E-state index contributed by atoms with van der Waals surface area (Å²) in [4.78, 5) is 14.7. The fourth-order valence-corrected chi connectivity index (χ4v) is 5.47. The first-order valence-corrected chi connectivity index (χ1v) is 12.2. The maximum Gasteiger partial charge on any atom is 0.277 e. The molecule has 31 heavy (non-hydrogen) atoms. The van der Waals surface area contributed by atoms with Crippen molar-refractivity contribution in [1.82, 2.24) is 15.5 Å². The summed E-state index contributed by atoms with van der Waals surface area (Å²) in [7, 11) is 0. The van der Waals surface area contributed by atoms with Gasteiger partial charge >= 0.3 is 0 Å². The Morgan fingerprint density at radius 1 is 1.29 bits per heavy atom. The number of amides is 1. The predicted octanol–water partition coefficient (Wildman–Crippen LogP) is 3.97. The van der Waals surface area contributed by atoms with Crippen molar-refractivity contribution in [3.8, 4) is 22.3 Å². The van der Waals surface area contributed by atoms with Crippen LogP contribution < -0.4 is 14.8 Å². The molecule has 0 radical (unpaired) electrons. The predicted molar refractivity (Wildman–Crippen MR) is 119 cm³/mol. The standard InChI is InChI=1S/C22H23N3O4S2/c1-13-6-7-18-14(8-13)9-19(31-18)21-24-25-22(29-21)30-12-20(26)23-10-15-11-27-16-4-2-3-5-17(16)28-15/h2-5,9,13,15H,6-8,10-12H2,1H3,(H,23,26)/t13-,15+/m1/s1. The Morgan fingerprint density at radius 2 is 2.16 bits per heavy atom. The second-order valence-electron chi connectivity index (χ2n) is 7.87. The van der Waals surface area contributed by atoms with Crippen LogP contribution in [0.25, 0.3) is 10.8 Å². The number of rotatable bonds is 6. The Bertz CT molecular complexity index is 1080. The van der Waals surface area contributed by atoms with Gasteiger partial charge in [0.15, 0.2) is 11.5 Å². The first kappa shape index (κ1) is 20.4. The van der Waals surface area contributed by atoms with Crippen molar-refractivity contribution in [3.63, 3.8) is 0 Å². The number of aromatic nitrogens is 2. The number of carbonyl (C=O) groups excluding carboxylic acids is 1. The molecule has 1 N–H and O–H groups in total. The van der Waals surface area contributed by atoms with E-state index in [1.165, 1.54) is 28.6 Å². The third-order valence-corrected chi connectivity index (χ3v) is 7.41. The number of ether oxygens (including phenoxy) is 2. The number of benzene rings is 1. The lowest BCUT2D eigenvalue weighted by Gasteiger charge is -2.26. The molecular weight excluding hydrogens is 434 g/mol. The summed E-state index contributed by atoms with van der Waals surface area (Å²) in [5.41, 5.74) is 1.40. The van der Waals surface area contributed by atoms with E-state index in [2.05, 4.69) is 28.5 Å². The van der Waals surface area contributed by atoms with Crippen LogP contribution >= 0.6 is 23.1 Å². The molecule has 0 bridgehead atoms. The summed E-state index contributed by atoms with van der Waals surface area (Å²) in [5.74, 6) is 2.76. The minimum absolute atomic E-state index is 0.118. The zero-order chi connectivity index (χ0) is 21.2. The van der Waals surface area contributed by atoms with E-state index < -0.39 is 0 Å². The zero-order valence-corrected chi connectivity index (χ0v) is 18.8. The highest BCUT2D eigenvalue weighted by Gasteiger charge is 2.22. The Labute approximate surface area is 188 Å². The highest BCUT2D eigenvalue weighted by Crippen LogP contribution is 2.37. The first-order valence-electron chi connectivity index (χ1n) is 10.4. The van der Waals surface area contributed by atoms with Gasteiger partial charge in [0.05, 0.1) is 17.2 Å². The molecule has 1 amide bonds. The van der Waals surface area contributed by atoms with E-state index in [0.717, 1.165) is 29.4 Å².